The Bertz CT molecular complexity index is 739. The van der Waals surface area contributed by atoms with E-state index in [-0.39, 0.29) is 9.88 Å². The van der Waals surface area contributed by atoms with Gasteiger partial charge in [0.15, 0.2) is 6.10 Å². The fraction of sp³-hybridized carbons (Fsp3) is 0.200. The topological polar surface area (TPSA) is 98.5 Å². The first-order valence-electron chi connectivity index (χ1n) is 6.69. The Balaban J connectivity index is 1.95. The van der Waals surface area contributed by atoms with E-state index in [1.807, 2.05) is 19.1 Å². The molecule has 0 spiro atoms. The Kier molecular flexibility index (Phi) is 5.07. The van der Waals surface area contributed by atoms with Crippen molar-refractivity contribution in [2.75, 3.05) is 5.32 Å². The van der Waals surface area contributed by atoms with E-state index in [1.165, 1.54) is 19.1 Å². The summed E-state index contributed by atoms with van der Waals surface area (Å²) < 4.78 is 5.02. The highest BCUT2D eigenvalue weighted by atomic mass is 32.1. The SMILES string of the molecule is Cc1ccc(NC(=O)[C@@H](C)OC(=O)c2ccc([N+](=O)[O-])s2)cc1. The first-order valence-corrected chi connectivity index (χ1v) is 7.51. The highest BCUT2D eigenvalue weighted by Crippen LogP contribution is 2.24. The summed E-state index contributed by atoms with van der Waals surface area (Å²) in [6.45, 7) is 3.36. The van der Waals surface area contributed by atoms with Crippen molar-refractivity contribution in [3.8, 4) is 0 Å². The van der Waals surface area contributed by atoms with Gasteiger partial charge in [0.05, 0.1) is 4.92 Å². The van der Waals surface area contributed by atoms with Gasteiger partial charge >= 0.3 is 11.0 Å². The molecule has 1 heterocycles. The summed E-state index contributed by atoms with van der Waals surface area (Å²) in [7, 11) is 0. The van der Waals surface area contributed by atoms with Crippen LogP contribution in [-0.2, 0) is 9.53 Å². The molecule has 8 heteroatoms. The largest absolute Gasteiger partial charge is 0.448 e. The number of hydrogen-bond donors (Lipinski definition) is 1. The highest BCUT2D eigenvalue weighted by Gasteiger charge is 2.22. The molecular weight excluding hydrogens is 320 g/mol. The van der Waals surface area contributed by atoms with E-state index < -0.39 is 22.9 Å². The predicted molar refractivity (Wildman–Crippen MR) is 85.7 cm³/mol. The maximum atomic E-state index is 12.0. The minimum atomic E-state index is -1.02. The van der Waals surface area contributed by atoms with Gasteiger partial charge in [-0.1, -0.05) is 29.0 Å². The molecule has 2 rings (SSSR count). The van der Waals surface area contributed by atoms with Gasteiger partial charge in [-0.25, -0.2) is 4.79 Å². The number of carbonyl (C=O) groups excluding carboxylic acids is 2. The molecule has 1 amide bonds. The summed E-state index contributed by atoms with van der Waals surface area (Å²) in [5.74, 6) is -1.25. The monoisotopic (exact) mass is 334 g/mol. The molecule has 0 saturated carbocycles. The minimum absolute atomic E-state index is 0.0756. The number of amides is 1. The maximum absolute atomic E-state index is 12.0. The molecule has 120 valence electrons. The van der Waals surface area contributed by atoms with Crippen LogP contribution >= 0.6 is 11.3 Å². The third-order valence-corrected chi connectivity index (χ3v) is 3.96. The molecule has 0 radical (unpaired) electrons. The molecule has 2 aromatic rings. The van der Waals surface area contributed by atoms with Crippen molar-refractivity contribution >= 4 is 33.9 Å². The molecule has 0 bridgehead atoms. The Morgan fingerprint density at radius 3 is 2.43 bits per heavy atom. The van der Waals surface area contributed by atoms with Crippen molar-refractivity contribution in [2.45, 2.75) is 20.0 Å². The molecule has 1 aromatic carbocycles. The lowest BCUT2D eigenvalue weighted by Gasteiger charge is -2.13. The molecule has 0 saturated heterocycles. The summed E-state index contributed by atoms with van der Waals surface area (Å²) in [4.78, 5) is 33.9. The Labute approximate surface area is 136 Å². The third-order valence-electron chi connectivity index (χ3n) is 2.95. The molecule has 0 fully saturated rings. The standard InChI is InChI=1S/C15H14N2O5S/c1-9-3-5-11(6-4-9)16-14(18)10(2)22-15(19)12-7-8-13(23-12)17(20)21/h3-8,10H,1-2H3,(H,16,18)/t10-/m1/s1. The molecular formula is C15H14N2O5S. The lowest BCUT2D eigenvalue weighted by molar-refractivity contribution is -0.380. The fourth-order valence-electron chi connectivity index (χ4n) is 1.69. The van der Waals surface area contributed by atoms with Gasteiger partial charge in [0, 0.05) is 11.8 Å². The summed E-state index contributed by atoms with van der Waals surface area (Å²) in [6, 6.07) is 9.69. The lowest BCUT2D eigenvalue weighted by atomic mass is 10.2. The molecule has 1 N–H and O–H groups in total. The van der Waals surface area contributed by atoms with Crippen LogP contribution in [0.25, 0.3) is 0 Å². The number of aryl methyl sites for hydroxylation is 1. The predicted octanol–water partition coefficient (Wildman–Crippen LogP) is 3.15. The van der Waals surface area contributed by atoms with Gasteiger partial charge in [0.1, 0.15) is 4.88 Å². The van der Waals surface area contributed by atoms with E-state index >= 15 is 0 Å². The lowest BCUT2D eigenvalue weighted by Crippen LogP contribution is -2.29. The quantitative estimate of drug-likeness (QED) is 0.514. The number of anilines is 1. The zero-order valence-electron chi connectivity index (χ0n) is 12.4. The van der Waals surface area contributed by atoms with Crippen LogP contribution in [0.1, 0.15) is 22.2 Å². The second-order valence-corrected chi connectivity index (χ2v) is 5.86. The van der Waals surface area contributed by atoms with Crippen LogP contribution in [0.2, 0.25) is 0 Å². The van der Waals surface area contributed by atoms with Crippen molar-refractivity contribution in [3.63, 3.8) is 0 Å². The van der Waals surface area contributed by atoms with E-state index in [1.54, 1.807) is 12.1 Å². The highest BCUT2D eigenvalue weighted by molar-refractivity contribution is 7.17. The Morgan fingerprint density at radius 2 is 1.87 bits per heavy atom. The van der Waals surface area contributed by atoms with Gasteiger partial charge in [0.25, 0.3) is 5.91 Å². The molecule has 1 atom stereocenters. The number of nitro groups is 1. The molecule has 0 aliphatic heterocycles. The van der Waals surface area contributed by atoms with Crippen LogP contribution in [0.5, 0.6) is 0 Å². The first-order chi connectivity index (χ1) is 10.9. The van der Waals surface area contributed by atoms with E-state index in [9.17, 15) is 19.7 Å². The zero-order chi connectivity index (χ0) is 17.0. The van der Waals surface area contributed by atoms with Gasteiger partial charge in [-0.05, 0) is 32.0 Å². The Morgan fingerprint density at radius 1 is 1.22 bits per heavy atom. The van der Waals surface area contributed by atoms with Gasteiger partial charge in [-0.15, -0.1) is 0 Å². The van der Waals surface area contributed by atoms with Crippen LogP contribution in [0.4, 0.5) is 10.7 Å². The smallest absolute Gasteiger partial charge is 0.349 e. The van der Waals surface area contributed by atoms with Gasteiger partial charge in [-0.3, -0.25) is 14.9 Å². The van der Waals surface area contributed by atoms with Crippen LogP contribution in [0.3, 0.4) is 0 Å². The average molecular weight is 334 g/mol. The number of hydrogen-bond acceptors (Lipinski definition) is 6. The number of carbonyl (C=O) groups is 2. The van der Waals surface area contributed by atoms with Crippen molar-refractivity contribution in [1.29, 1.82) is 0 Å². The molecule has 0 unspecified atom stereocenters. The van der Waals surface area contributed by atoms with Gasteiger partial charge in [-0.2, -0.15) is 0 Å². The van der Waals surface area contributed by atoms with Crippen molar-refractivity contribution in [1.82, 2.24) is 0 Å². The van der Waals surface area contributed by atoms with Crippen LogP contribution in [-0.4, -0.2) is 22.9 Å². The normalized spacial score (nSPS) is 11.6. The minimum Gasteiger partial charge on any atom is -0.448 e. The summed E-state index contributed by atoms with van der Waals surface area (Å²) >= 11 is 0.703. The van der Waals surface area contributed by atoms with Crippen LogP contribution in [0, 0.1) is 17.0 Å². The van der Waals surface area contributed by atoms with Crippen molar-refractivity contribution in [3.05, 3.63) is 57.0 Å². The number of benzene rings is 1. The summed E-state index contributed by atoms with van der Waals surface area (Å²) in [6.07, 6.45) is -1.02. The number of ether oxygens (including phenoxy) is 1. The zero-order valence-corrected chi connectivity index (χ0v) is 13.3. The molecule has 0 aliphatic rings. The molecule has 7 nitrogen and oxygen atoms in total. The molecule has 23 heavy (non-hydrogen) atoms. The number of rotatable bonds is 5. The van der Waals surface area contributed by atoms with E-state index in [2.05, 4.69) is 5.32 Å². The molecule has 0 aliphatic carbocycles. The Hall–Kier alpha value is -2.74. The second-order valence-electron chi connectivity index (χ2n) is 4.80. The van der Waals surface area contributed by atoms with Gasteiger partial charge in [0.2, 0.25) is 0 Å². The van der Waals surface area contributed by atoms with Crippen molar-refractivity contribution < 1.29 is 19.2 Å². The van der Waals surface area contributed by atoms with Crippen LogP contribution < -0.4 is 5.32 Å². The first kappa shape index (κ1) is 16.6. The van der Waals surface area contributed by atoms with E-state index in [0.717, 1.165) is 5.56 Å². The van der Waals surface area contributed by atoms with E-state index in [4.69, 9.17) is 4.74 Å². The number of thiophene rings is 1. The van der Waals surface area contributed by atoms with E-state index in [0.29, 0.717) is 17.0 Å². The summed E-state index contributed by atoms with van der Waals surface area (Å²) in [5.41, 5.74) is 1.65. The molecule has 1 aromatic heterocycles. The van der Waals surface area contributed by atoms with Crippen molar-refractivity contribution in [2.24, 2.45) is 0 Å². The summed E-state index contributed by atoms with van der Waals surface area (Å²) in [5, 5.41) is 13.1. The second kappa shape index (κ2) is 7.01. The number of nitrogens with zero attached hydrogens (tertiary/aromatic N) is 1. The number of nitrogens with one attached hydrogen (secondary N) is 1. The maximum Gasteiger partial charge on any atom is 0.349 e. The van der Waals surface area contributed by atoms with Crippen LogP contribution in [0.15, 0.2) is 36.4 Å². The third kappa shape index (κ3) is 4.36. The average Bonchev–Trinajstić information content (AvgIpc) is 2.99. The fourth-order valence-corrected chi connectivity index (χ4v) is 2.39. The van der Waals surface area contributed by atoms with Gasteiger partial charge < -0.3 is 10.1 Å². The number of esters is 1.